The Hall–Kier alpha value is -0.0800. The second kappa shape index (κ2) is 2.51. The monoisotopic (exact) mass is 141 g/mol. The first kappa shape index (κ1) is 6.62. The van der Waals surface area contributed by atoms with Gasteiger partial charge in [0.15, 0.2) is 0 Å². The molecule has 2 heteroatoms. The van der Waals surface area contributed by atoms with Gasteiger partial charge in [-0.2, -0.15) is 0 Å². The zero-order chi connectivity index (χ0) is 6.97. The number of hydrogen-bond donors (Lipinski definition) is 1. The second-order valence-electron chi connectivity index (χ2n) is 3.55. The van der Waals surface area contributed by atoms with Gasteiger partial charge in [0.25, 0.3) is 0 Å². The molecule has 1 aliphatic heterocycles. The lowest BCUT2D eigenvalue weighted by Crippen LogP contribution is -2.44. The molecule has 1 heterocycles. The molecular weight excluding hydrogens is 126 g/mol. The predicted octanol–water partition coefficient (Wildman–Crippen LogP) is 0.773. The van der Waals surface area contributed by atoms with Crippen molar-refractivity contribution in [3.05, 3.63) is 0 Å². The van der Waals surface area contributed by atoms with E-state index in [1.54, 1.807) is 0 Å². The third-order valence-electron chi connectivity index (χ3n) is 2.58. The van der Waals surface area contributed by atoms with Crippen molar-refractivity contribution in [1.29, 1.82) is 0 Å². The van der Waals surface area contributed by atoms with E-state index >= 15 is 0 Å². The van der Waals surface area contributed by atoms with Crippen LogP contribution in [0.2, 0.25) is 0 Å². The average Bonchev–Trinajstić information content (AvgIpc) is 2.27. The Kier molecular flexibility index (Phi) is 1.66. The molecule has 0 aromatic rings. The normalized spacial score (nSPS) is 47.1. The van der Waals surface area contributed by atoms with Crippen LogP contribution in [-0.2, 0) is 4.74 Å². The van der Waals surface area contributed by atoms with E-state index in [1.165, 1.54) is 12.8 Å². The van der Waals surface area contributed by atoms with E-state index in [4.69, 9.17) is 4.74 Å². The summed E-state index contributed by atoms with van der Waals surface area (Å²) in [6, 6.07) is 0.670. The van der Waals surface area contributed by atoms with Gasteiger partial charge in [0.1, 0.15) is 0 Å². The number of hydrogen-bond acceptors (Lipinski definition) is 2. The van der Waals surface area contributed by atoms with E-state index in [0.29, 0.717) is 12.1 Å². The summed E-state index contributed by atoms with van der Waals surface area (Å²) in [5.41, 5.74) is 0. The van der Waals surface area contributed by atoms with Gasteiger partial charge >= 0.3 is 0 Å². The van der Waals surface area contributed by atoms with Crippen LogP contribution < -0.4 is 5.32 Å². The maximum Gasteiger partial charge on any atom is 0.0731 e. The molecule has 1 saturated carbocycles. The molecule has 10 heavy (non-hydrogen) atoms. The van der Waals surface area contributed by atoms with Gasteiger partial charge in [-0.05, 0) is 18.8 Å². The molecule has 0 spiro atoms. The van der Waals surface area contributed by atoms with Gasteiger partial charge in [0.05, 0.1) is 12.7 Å². The highest BCUT2D eigenvalue weighted by Crippen LogP contribution is 2.28. The van der Waals surface area contributed by atoms with E-state index < -0.39 is 0 Å². The summed E-state index contributed by atoms with van der Waals surface area (Å²) >= 11 is 0. The minimum absolute atomic E-state index is 0.531. The van der Waals surface area contributed by atoms with Crippen molar-refractivity contribution >= 4 is 0 Å². The van der Waals surface area contributed by atoms with Gasteiger partial charge in [0, 0.05) is 12.6 Å². The maximum atomic E-state index is 5.61. The molecule has 1 saturated heterocycles. The summed E-state index contributed by atoms with van der Waals surface area (Å²) in [5, 5.41) is 3.49. The summed E-state index contributed by atoms with van der Waals surface area (Å²) < 4.78 is 5.61. The van der Waals surface area contributed by atoms with Gasteiger partial charge in [0.2, 0.25) is 0 Å². The maximum absolute atomic E-state index is 5.61. The molecular formula is C8H15NO. The number of nitrogens with one attached hydrogen (secondary N) is 1. The van der Waals surface area contributed by atoms with E-state index in [-0.39, 0.29) is 0 Å². The molecule has 1 aliphatic carbocycles. The van der Waals surface area contributed by atoms with E-state index in [0.717, 1.165) is 19.1 Å². The number of fused-ring (bicyclic) bond motifs is 1. The van der Waals surface area contributed by atoms with Gasteiger partial charge < -0.3 is 10.1 Å². The van der Waals surface area contributed by atoms with Crippen LogP contribution in [0.25, 0.3) is 0 Å². The predicted molar refractivity (Wildman–Crippen MR) is 39.9 cm³/mol. The molecule has 3 atom stereocenters. The van der Waals surface area contributed by atoms with Crippen LogP contribution in [0.4, 0.5) is 0 Å². The fraction of sp³-hybridized carbons (Fsp3) is 1.00. The van der Waals surface area contributed by atoms with Crippen LogP contribution in [0.3, 0.4) is 0 Å². The Balaban J connectivity index is 1.97. The fourth-order valence-electron chi connectivity index (χ4n) is 2.10. The van der Waals surface area contributed by atoms with Gasteiger partial charge in [-0.1, -0.05) is 6.92 Å². The SMILES string of the molecule is C[C@@H]1CC2NCCOC2C1. The van der Waals surface area contributed by atoms with Crippen molar-refractivity contribution in [2.24, 2.45) is 5.92 Å². The van der Waals surface area contributed by atoms with Crippen LogP contribution in [0.1, 0.15) is 19.8 Å². The summed E-state index contributed by atoms with van der Waals surface area (Å²) in [6.07, 6.45) is 3.10. The quantitative estimate of drug-likeness (QED) is 0.538. The topological polar surface area (TPSA) is 21.3 Å². The summed E-state index contributed by atoms with van der Waals surface area (Å²) in [5.74, 6) is 0.862. The van der Waals surface area contributed by atoms with Crippen molar-refractivity contribution in [3.63, 3.8) is 0 Å². The van der Waals surface area contributed by atoms with Gasteiger partial charge in [-0.3, -0.25) is 0 Å². The molecule has 2 rings (SSSR count). The number of morpholine rings is 1. The van der Waals surface area contributed by atoms with Crippen LogP contribution in [0.5, 0.6) is 0 Å². The molecule has 2 aliphatic rings. The number of ether oxygens (including phenoxy) is 1. The molecule has 0 bridgehead atoms. The summed E-state index contributed by atoms with van der Waals surface area (Å²) in [4.78, 5) is 0. The Morgan fingerprint density at radius 3 is 3.10 bits per heavy atom. The molecule has 0 amide bonds. The van der Waals surface area contributed by atoms with Crippen LogP contribution >= 0.6 is 0 Å². The van der Waals surface area contributed by atoms with E-state index in [9.17, 15) is 0 Å². The lowest BCUT2D eigenvalue weighted by atomic mass is 10.1. The first-order valence-electron chi connectivity index (χ1n) is 4.21. The minimum atomic E-state index is 0.531. The van der Waals surface area contributed by atoms with Crippen LogP contribution in [-0.4, -0.2) is 25.3 Å². The Morgan fingerprint density at radius 1 is 1.40 bits per heavy atom. The molecule has 0 radical (unpaired) electrons. The molecule has 2 fully saturated rings. The van der Waals surface area contributed by atoms with Crippen molar-refractivity contribution in [2.75, 3.05) is 13.2 Å². The smallest absolute Gasteiger partial charge is 0.0731 e. The fourth-order valence-corrected chi connectivity index (χ4v) is 2.10. The van der Waals surface area contributed by atoms with E-state index in [2.05, 4.69) is 12.2 Å². The highest BCUT2D eigenvalue weighted by atomic mass is 16.5. The minimum Gasteiger partial charge on any atom is -0.375 e. The van der Waals surface area contributed by atoms with Gasteiger partial charge in [-0.25, -0.2) is 0 Å². The molecule has 0 aromatic carbocycles. The highest BCUT2D eigenvalue weighted by Gasteiger charge is 2.34. The Morgan fingerprint density at radius 2 is 2.30 bits per heavy atom. The Bertz CT molecular complexity index is 112. The third-order valence-corrected chi connectivity index (χ3v) is 2.58. The standard InChI is InChI=1S/C8H15NO/c1-6-4-7-8(5-6)10-3-2-9-7/h6-9H,2-5H2,1H3/t6-,7?,8?/m1/s1. The van der Waals surface area contributed by atoms with Crippen molar-refractivity contribution < 1.29 is 4.74 Å². The zero-order valence-electron chi connectivity index (χ0n) is 6.47. The summed E-state index contributed by atoms with van der Waals surface area (Å²) in [7, 11) is 0. The lowest BCUT2D eigenvalue weighted by Gasteiger charge is -2.26. The van der Waals surface area contributed by atoms with Crippen molar-refractivity contribution in [3.8, 4) is 0 Å². The first-order chi connectivity index (χ1) is 4.86. The van der Waals surface area contributed by atoms with Crippen LogP contribution in [0, 0.1) is 5.92 Å². The zero-order valence-corrected chi connectivity index (χ0v) is 6.47. The Labute approximate surface area is 61.9 Å². The third kappa shape index (κ3) is 1.06. The van der Waals surface area contributed by atoms with Crippen molar-refractivity contribution in [2.45, 2.75) is 31.9 Å². The molecule has 0 aromatic heterocycles. The molecule has 2 nitrogen and oxygen atoms in total. The van der Waals surface area contributed by atoms with Gasteiger partial charge in [-0.15, -0.1) is 0 Å². The lowest BCUT2D eigenvalue weighted by molar-refractivity contribution is 0.0104. The first-order valence-corrected chi connectivity index (χ1v) is 4.21. The van der Waals surface area contributed by atoms with Crippen molar-refractivity contribution in [1.82, 2.24) is 5.32 Å². The average molecular weight is 141 g/mol. The van der Waals surface area contributed by atoms with Crippen LogP contribution in [0.15, 0.2) is 0 Å². The largest absolute Gasteiger partial charge is 0.375 e. The molecule has 1 N–H and O–H groups in total. The second-order valence-corrected chi connectivity index (χ2v) is 3.55. The van der Waals surface area contributed by atoms with E-state index in [1.807, 2.05) is 0 Å². The number of rotatable bonds is 0. The molecule has 58 valence electrons. The highest BCUT2D eigenvalue weighted by molar-refractivity contribution is 4.89. The summed E-state index contributed by atoms with van der Waals surface area (Å²) in [6.45, 7) is 4.27. The molecule has 2 unspecified atom stereocenters.